The summed E-state index contributed by atoms with van der Waals surface area (Å²) in [4.78, 5) is 44.0. The maximum absolute atomic E-state index is 13.7. The van der Waals surface area contributed by atoms with Crippen LogP contribution in [0.1, 0.15) is 54.4 Å². The van der Waals surface area contributed by atoms with E-state index in [0.717, 1.165) is 31.5 Å². The summed E-state index contributed by atoms with van der Waals surface area (Å²) >= 11 is 0. The zero-order chi connectivity index (χ0) is 29.1. The molecule has 2 aromatic rings. The molecule has 10 nitrogen and oxygen atoms in total. The molecule has 2 saturated heterocycles. The summed E-state index contributed by atoms with van der Waals surface area (Å²) < 4.78 is 17.5. The van der Waals surface area contributed by atoms with Crippen molar-refractivity contribution < 1.29 is 28.6 Å². The fourth-order valence-corrected chi connectivity index (χ4v) is 6.69. The Morgan fingerprint density at radius 3 is 2.48 bits per heavy atom. The van der Waals surface area contributed by atoms with Crippen LogP contribution in [-0.4, -0.2) is 85.6 Å². The maximum Gasteiger partial charge on any atom is 0.258 e. The first kappa shape index (κ1) is 28.3. The Morgan fingerprint density at radius 2 is 1.74 bits per heavy atom. The first-order valence-electron chi connectivity index (χ1n) is 15.1. The minimum Gasteiger partial charge on any atom is -0.493 e. The smallest absolute Gasteiger partial charge is 0.258 e. The fourth-order valence-electron chi connectivity index (χ4n) is 6.69. The lowest BCUT2D eigenvalue weighted by molar-refractivity contribution is -0.136. The standard InChI is InChI=1S/C32H40N4O6/c1-40-27-11-8-23-16-28(27)41-20-30(37)33-17-21-6-9-25(10-7-21)42-29-19-36(18-26(29)34-31(23)38)32(39)22-12-14-35(15-13-22)24-4-2-3-5-24/h6-11,16,22,24,26,29H,2-5,12-15,17-20H2,1H3,(H,33,37)(H,34,38)/t26-,29-/m0/s1. The summed E-state index contributed by atoms with van der Waals surface area (Å²) in [6.45, 7) is 2.86. The number of nitrogens with zero attached hydrogens (tertiary/aromatic N) is 2. The molecule has 0 spiro atoms. The third-order valence-electron chi connectivity index (χ3n) is 9.10. The second-order valence-corrected chi connectivity index (χ2v) is 11.8. The van der Waals surface area contributed by atoms with Gasteiger partial charge in [0, 0.05) is 30.6 Å². The van der Waals surface area contributed by atoms with Gasteiger partial charge in [-0.05, 0) is 74.7 Å². The molecule has 0 unspecified atom stereocenters. The molecule has 1 aliphatic carbocycles. The van der Waals surface area contributed by atoms with E-state index in [1.54, 1.807) is 18.2 Å². The van der Waals surface area contributed by atoms with Gasteiger partial charge in [0.15, 0.2) is 18.1 Å². The number of likely N-dealkylation sites (tertiary alicyclic amines) is 2. The van der Waals surface area contributed by atoms with Crippen LogP contribution in [0.4, 0.5) is 0 Å². The number of nitrogens with one attached hydrogen (secondary N) is 2. The summed E-state index contributed by atoms with van der Waals surface area (Å²) in [5, 5.41) is 5.95. The molecule has 2 N–H and O–H groups in total. The summed E-state index contributed by atoms with van der Waals surface area (Å²) in [6.07, 6.45) is 6.53. The van der Waals surface area contributed by atoms with E-state index in [4.69, 9.17) is 14.2 Å². The minimum absolute atomic E-state index is 0.000845. The summed E-state index contributed by atoms with van der Waals surface area (Å²) in [5.41, 5.74) is 1.28. The van der Waals surface area contributed by atoms with E-state index in [2.05, 4.69) is 15.5 Å². The van der Waals surface area contributed by atoms with Gasteiger partial charge in [-0.1, -0.05) is 25.0 Å². The van der Waals surface area contributed by atoms with Gasteiger partial charge in [-0.25, -0.2) is 0 Å². The number of amides is 3. The molecule has 3 fully saturated rings. The maximum atomic E-state index is 13.7. The van der Waals surface area contributed by atoms with Crippen molar-refractivity contribution in [3.63, 3.8) is 0 Å². The predicted octanol–water partition coefficient (Wildman–Crippen LogP) is 2.75. The molecule has 42 heavy (non-hydrogen) atoms. The predicted molar refractivity (Wildman–Crippen MR) is 156 cm³/mol. The van der Waals surface area contributed by atoms with Gasteiger partial charge in [0.05, 0.1) is 19.7 Å². The second-order valence-electron chi connectivity index (χ2n) is 11.8. The molecule has 4 heterocycles. The summed E-state index contributed by atoms with van der Waals surface area (Å²) in [6, 6.07) is 12.6. The highest BCUT2D eigenvalue weighted by molar-refractivity contribution is 5.95. The molecule has 3 amide bonds. The number of carbonyl (C=O) groups excluding carboxylic acids is 3. The summed E-state index contributed by atoms with van der Waals surface area (Å²) in [7, 11) is 1.51. The molecule has 0 radical (unpaired) electrons. The number of hydrogen-bond donors (Lipinski definition) is 2. The van der Waals surface area contributed by atoms with Gasteiger partial charge in [0.25, 0.3) is 11.8 Å². The van der Waals surface area contributed by atoms with Crippen molar-refractivity contribution in [2.45, 2.75) is 63.3 Å². The lowest BCUT2D eigenvalue weighted by atomic mass is 9.94. The van der Waals surface area contributed by atoms with Crippen molar-refractivity contribution in [3.8, 4) is 17.2 Å². The normalized spacial score (nSPS) is 24.3. The van der Waals surface area contributed by atoms with E-state index in [9.17, 15) is 14.4 Å². The molecular weight excluding hydrogens is 536 g/mol. The minimum atomic E-state index is -0.410. The molecule has 0 aromatic heterocycles. The number of methoxy groups -OCH3 is 1. The highest BCUT2D eigenvalue weighted by Crippen LogP contribution is 2.31. The third kappa shape index (κ3) is 6.33. The van der Waals surface area contributed by atoms with Crippen molar-refractivity contribution in [2.75, 3.05) is 39.9 Å². The first-order chi connectivity index (χ1) is 20.5. The number of ether oxygens (including phenoxy) is 3. The number of piperidine rings is 1. The Balaban J connectivity index is 1.20. The van der Waals surface area contributed by atoms with Crippen molar-refractivity contribution >= 4 is 17.7 Å². The number of fused-ring (bicyclic) bond motifs is 7. The van der Waals surface area contributed by atoms with Gasteiger partial charge in [-0.15, -0.1) is 0 Å². The molecule has 4 aliphatic heterocycles. The molecule has 7 rings (SSSR count). The average molecular weight is 577 g/mol. The van der Waals surface area contributed by atoms with Crippen LogP contribution in [0.15, 0.2) is 42.5 Å². The van der Waals surface area contributed by atoms with Crippen LogP contribution in [0.2, 0.25) is 0 Å². The van der Waals surface area contributed by atoms with Crippen molar-refractivity contribution in [1.82, 2.24) is 20.4 Å². The van der Waals surface area contributed by atoms with Crippen LogP contribution in [0.5, 0.6) is 17.2 Å². The Bertz CT molecular complexity index is 1290. The van der Waals surface area contributed by atoms with Crippen molar-refractivity contribution in [2.24, 2.45) is 5.92 Å². The van der Waals surface area contributed by atoms with Crippen LogP contribution in [0.3, 0.4) is 0 Å². The van der Waals surface area contributed by atoms with Gasteiger partial charge < -0.3 is 34.6 Å². The average Bonchev–Trinajstić information content (AvgIpc) is 3.70. The number of carbonyl (C=O) groups is 3. The van der Waals surface area contributed by atoms with E-state index >= 15 is 0 Å². The van der Waals surface area contributed by atoms with Gasteiger partial charge in [0.1, 0.15) is 11.9 Å². The third-order valence-corrected chi connectivity index (χ3v) is 9.10. The van der Waals surface area contributed by atoms with Gasteiger partial charge in [0.2, 0.25) is 5.91 Å². The van der Waals surface area contributed by atoms with Crippen molar-refractivity contribution in [1.29, 1.82) is 0 Å². The Kier molecular flexibility index (Phi) is 8.51. The Morgan fingerprint density at radius 1 is 0.976 bits per heavy atom. The van der Waals surface area contributed by atoms with Crippen LogP contribution in [0, 0.1) is 5.92 Å². The molecule has 2 atom stereocenters. The molecule has 10 heteroatoms. The monoisotopic (exact) mass is 576 g/mol. The van der Waals surface area contributed by atoms with Crippen LogP contribution in [0.25, 0.3) is 0 Å². The first-order valence-corrected chi connectivity index (χ1v) is 15.1. The largest absolute Gasteiger partial charge is 0.493 e. The quantitative estimate of drug-likeness (QED) is 0.579. The van der Waals surface area contributed by atoms with E-state index < -0.39 is 12.1 Å². The van der Waals surface area contributed by atoms with Gasteiger partial charge >= 0.3 is 0 Å². The van der Waals surface area contributed by atoms with Crippen LogP contribution < -0.4 is 24.8 Å². The topological polar surface area (TPSA) is 109 Å². The van der Waals surface area contributed by atoms with Crippen molar-refractivity contribution in [3.05, 3.63) is 53.6 Å². The number of rotatable bonds is 3. The number of hydrogen-bond acceptors (Lipinski definition) is 7. The van der Waals surface area contributed by atoms with E-state index in [-0.39, 0.29) is 30.2 Å². The zero-order valence-electron chi connectivity index (χ0n) is 24.2. The van der Waals surface area contributed by atoms with E-state index in [1.807, 2.05) is 29.2 Å². The lowest BCUT2D eigenvalue weighted by Gasteiger charge is -2.36. The SMILES string of the molecule is COc1ccc2cc1OCC(=O)NCc1ccc(cc1)O[C@H]1CN(C(=O)C3CCN(C4CCCC4)CC3)C[C@@H]1NC2=O. The van der Waals surface area contributed by atoms with Crippen LogP contribution in [-0.2, 0) is 16.1 Å². The molecular formula is C32H40N4O6. The highest BCUT2D eigenvalue weighted by Gasteiger charge is 2.41. The van der Waals surface area contributed by atoms with E-state index in [0.29, 0.717) is 48.5 Å². The number of benzene rings is 2. The molecule has 5 aliphatic rings. The Hall–Kier alpha value is -3.79. The molecule has 224 valence electrons. The lowest BCUT2D eigenvalue weighted by Crippen LogP contribution is -2.46. The summed E-state index contributed by atoms with van der Waals surface area (Å²) in [5.74, 6) is 0.912. The van der Waals surface area contributed by atoms with E-state index in [1.165, 1.54) is 32.8 Å². The Labute approximate surface area is 246 Å². The zero-order valence-corrected chi connectivity index (χ0v) is 24.2. The van der Waals surface area contributed by atoms with Gasteiger partial charge in [-0.2, -0.15) is 0 Å². The molecule has 4 bridgehead atoms. The molecule has 1 saturated carbocycles. The second kappa shape index (κ2) is 12.6. The van der Waals surface area contributed by atoms with Crippen LogP contribution >= 0.6 is 0 Å². The highest BCUT2D eigenvalue weighted by atomic mass is 16.5. The molecule has 2 aromatic carbocycles. The van der Waals surface area contributed by atoms with Gasteiger partial charge in [-0.3, -0.25) is 14.4 Å². The fraction of sp³-hybridized carbons (Fsp3) is 0.531.